The van der Waals surface area contributed by atoms with E-state index in [1.54, 1.807) is 7.05 Å². The lowest BCUT2D eigenvalue weighted by atomic mass is 10.1. The molecular weight excluding hydrogens is 226 g/mol. The third kappa shape index (κ3) is 4.06. The van der Waals surface area contributed by atoms with Gasteiger partial charge in [-0.15, -0.1) is 0 Å². The van der Waals surface area contributed by atoms with Gasteiger partial charge in [0, 0.05) is 7.05 Å². The summed E-state index contributed by atoms with van der Waals surface area (Å²) in [6.07, 6.45) is 2.41. The zero-order valence-electron chi connectivity index (χ0n) is 11.7. The summed E-state index contributed by atoms with van der Waals surface area (Å²) in [6, 6.07) is 6.01. The molecule has 0 aliphatic heterocycles. The van der Waals surface area contributed by atoms with E-state index in [2.05, 4.69) is 18.3 Å². The van der Waals surface area contributed by atoms with Crippen molar-refractivity contribution >= 4 is 5.91 Å². The second-order valence-corrected chi connectivity index (χ2v) is 4.63. The molecule has 1 rings (SSSR count). The topological polar surface area (TPSA) is 38.3 Å². The average molecular weight is 249 g/mol. The van der Waals surface area contributed by atoms with Crippen LogP contribution in [0.15, 0.2) is 18.2 Å². The Kier molecular flexibility index (Phi) is 5.69. The Balaban J connectivity index is 2.78. The summed E-state index contributed by atoms with van der Waals surface area (Å²) in [5.41, 5.74) is 2.27. The van der Waals surface area contributed by atoms with Crippen LogP contribution >= 0.6 is 0 Å². The molecule has 0 aliphatic carbocycles. The fourth-order valence-corrected chi connectivity index (χ4v) is 1.88. The Morgan fingerprint density at radius 2 is 2.11 bits per heavy atom. The van der Waals surface area contributed by atoms with Gasteiger partial charge in [-0.2, -0.15) is 0 Å². The lowest BCUT2D eigenvalue weighted by molar-refractivity contribution is -0.127. The van der Waals surface area contributed by atoms with Crippen molar-refractivity contribution in [2.45, 2.75) is 46.1 Å². The molecule has 1 amide bonds. The van der Waals surface area contributed by atoms with Crippen molar-refractivity contribution in [1.82, 2.24) is 5.32 Å². The Morgan fingerprint density at radius 3 is 2.67 bits per heavy atom. The van der Waals surface area contributed by atoms with E-state index in [-0.39, 0.29) is 5.91 Å². The molecule has 0 aromatic heterocycles. The van der Waals surface area contributed by atoms with Crippen molar-refractivity contribution < 1.29 is 9.53 Å². The molecule has 100 valence electrons. The molecule has 0 spiro atoms. The molecule has 1 atom stereocenters. The summed E-state index contributed by atoms with van der Waals surface area (Å²) < 4.78 is 5.84. The maximum atomic E-state index is 11.8. The Labute approximate surface area is 110 Å². The molecule has 0 radical (unpaired) electrons. The normalized spacial score (nSPS) is 12.0. The number of amides is 1. The highest BCUT2D eigenvalue weighted by atomic mass is 16.5. The zero-order valence-corrected chi connectivity index (χ0v) is 11.7. The van der Waals surface area contributed by atoms with E-state index >= 15 is 0 Å². The van der Waals surface area contributed by atoms with Gasteiger partial charge >= 0.3 is 0 Å². The smallest absolute Gasteiger partial charge is 0.260 e. The van der Waals surface area contributed by atoms with Crippen molar-refractivity contribution in [3.8, 4) is 5.75 Å². The summed E-state index contributed by atoms with van der Waals surface area (Å²) in [6.45, 7) is 6.16. The van der Waals surface area contributed by atoms with Crippen LogP contribution < -0.4 is 10.1 Å². The van der Waals surface area contributed by atoms with Crippen molar-refractivity contribution in [2.24, 2.45) is 0 Å². The van der Waals surface area contributed by atoms with Crippen LogP contribution in [0.5, 0.6) is 5.75 Å². The number of unbranched alkanes of at least 4 members (excludes halogenated alkanes) is 1. The largest absolute Gasteiger partial charge is 0.480 e. The molecule has 0 fully saturated rings. The predicted molar refractivity (Wildman–Crippen MR) is 73.9 cm³/mol. The summed E-state index contributed by atoms with van der Waals surface area (Å²) in [4.78, 5) is 11.8. The van der Waals surface area contributed by atoms with E-state index in [1.165, 1.54) is 5.56 Å². The lowest BCUT2D eigenvalue weighted by Crippen LogP contribution is -2.36. The molecule has 3 heteroatoms. The van der Waals surface area contributed by atoms with Crippen LogP contribution in [0.2, 0.25) is 0 Å². The van der Waals surface area contributed by atoms with Crippen LogP contribution in [-0.4, -0.2) is 19.1 Å². The van der Waals surface area contributed by atoms with Crippen molar-refractivity contribution in [3.63, 3.8) is 0 Å². The first-order chi connectivity index (χ1) is 8.58. The molecule has 3 nitrogen and oxygen atoms in total. The van der Waals surface area contributed by atoms with Gasteiger partial charge in [0.1, 0.15) is 5.75 Å². The highest BCUT2D eigenvalue weighted by Gasteiger charge is 2.19. The van der Waals surface area contributed by atoms with Crippen molar-refractivity contribution in [3.05, 3.63) is 29.3 Å². The fourth-order valence-electron chi connectivity index (χ4n) is 1.88. The summed E-state index contributed by atoms with van der Waals surface area (Å²) in [5, 5.41) is 2.66. The quantitative estimate of drug-likeness (QED) is 0.841. The molecule has 1 aromatic carbocycles. The molecule has 1 N–H and O–H groups in total. The molecule has 0 saturated carbocycles. The minimum absolute atomic E-state index is 0.0524. The number of likely N-dealkylation sites (N-methyl/N-ethyl adjacent to an activating group) is 1. The van der Waals surface area contributed by atoms with E-state index in [1.807, 2.05) is 26.0 Å². The van der Waals surface area contributed by atoms with Gasteiger partial charge in [0.05, 0.1) is 0 Å². The number of hydrogen-bond acceptors (Lipinski definition) is 2. The first-order valence-corrected chi connectivity index (χ1v) is 6.54. The molecule has 1 unspecified atom stereocenters. The summed E-state index contributed by atoms with van der Waals surface area (Å²) in [5.74, 6) is 0.744. The fraction of sp³-hybridized carbons (Fsp3) is 0.533. The van der Waals surface area contributed by atoms with Crippen LogP contribution in [-0.2, 0) is 4.79 Å². The number of aryl methyl sites for hydroxylation is 2. The van der Waals surface area contributed by atoms with Gasteiger partial charge < -0.3 is 10.1 Å². The molecule has 0 heterocycles. The second-order valence-electron chi connectivity index (χ2n) is 4.63. The van der Waals surface area contributed by atoms with Gasteiger partial charge in [-0.1, -0.05) is 31.0 Å². The van der Waals surface area contributed by atoms with E-state index < -0.39 is 6.10 Å². The predicted octanol–water partition coefficient (Wildman–Crippen LogP) is 2.99. The van der Waals surface area contributed by atoms with Crippen LogP contribution in [0.4, 0.5) is 0 Å². The number of benzene rings is 1. The molecule has 18 heavy (non-hydrogen) atoms. The SMILES string of the molecule is CCCCC(Oc1ccc(C)cc1C)C(=O)NC. The van der Waals surface area contributed by atoms with Gasteiger partial charge in [-0.05, 0) is 38.3 Å². The Bertz CT molecular complexity index is 401. The molecule has 0 bridgehead atoms. The first-order valence-electron chi connectivity index (χ1n) is 6.54. The Morgan fingerprint density at radius 1 is 1.39 bits per heavy atom. The standard InChI is InChI=1S/C15H23NO2/c1-5-6-7-14(15(17)16-4)18-13-9-8-11(2)10-12(13)3/h8-10,14H,5-7H2,1-4H3,(H,16,17). The number of carbonyl (C=O) groups excluding carboxylic acids is 1. The second kappa shape index (κ2) is 7.04. The highest BCUT2D eigenvalue weighted by Crippen LogP contribution is 2.21. The first kappa shape index (κ1) is 14.6. The van der Waals surface area contributed by atoms with Crippen LogP contribution in [0.25, 0.3) is 0 Å². The van der Waals surface area contributed by atoms with Crippen molar-refractivity contribution in [1.29, 1.82) is 0 Å². The van der Waals surface area contributed by atoms with E-state index in [0.717, 1.165) is 30.6 Å². The number of ether oxygens (including phenoxy) is 1. The van der Waals surface area contributed by atoms with Gasteiger partial charge in [-0.3, -0.25) is 4.79 Å². The van der Waals surface area contributed by atoms with E-state index in [4.69, 9.17) is 4.74 Å². The number of rotatable bonds is 6. The Hall–Kier alpha value is -1.51. The maximum Gasteiger partial charge on any atom is 0.260 e. The summed E-state index contributed by atoms with van der Waals surface area (Å²) >= 11 is 0. The van der Waals surface area contributed by atoms with E-state index in [0.29, 0.717) is 0 Å². The zero-order chi connectivity index (χ0) is 13.5. The van der Waals surface area contributed by atoms with Gasteiger partial charge in [0.2, 0.25) is 0 Å². The summed E-state index contributed by atoms with van der Waals surface area (Å²) in [7, 11) is 1.65. The van der Waals surface area contributed by atoms with Crippen LogP contribution in [0.1, 0.15) is 37.3 Å². The minimum atomic E-state index is -0.392. The van der Waals surface area contributed by atoms with Gasteiger partial charge in [0.25, 0.3) is 5.91 Å². The monoisotopic (exact) mass is 249 g/mol. The van der Waals surface area contributed by atoms with Crippen LogP contribution in [0, 0.1) is 13.8 Å². The maximum absolute atomic E-state index is 11.8. The average Bonchev–Trinajstić information content (AvgIpc) is 2.36. The van der Waals surface area contributed by atoms with Crippen molar-refractivity contribution in [2.75, 3.05) is 7.05 Å². The van der Waals surface area contributed by atoms with Crippen LogP contribution in [0.3, 0.4) is 0 Å². The lowest BCUT2D eigenvalue weighted by Gasteiger charge is -2.19. The molecule has 1 aromatic rings. The third-order valence-corrected chi connectivity index (χ3v) is 2.96. The van der Waals surface area contributed by atoms with Gasteiger partial charge in [-0.25, -0.2) is 0 Å². The molecule has 0 aliphatic rings. The number of carbonyl (C=O) groups is 1. The molecular formula is C15H23NO2. The third-order valence-electron chi connectivity index (χ3n) is 2.96. The molecule has 0 saturated heterocycles. The van der Waals surface area contributed by atoms with Gasteiger partial charge in [0.15, 0.2) is 6.10 Å². The van der Waals surface area contributed by atoms with E-state index in [9.17, 15) is 4.79 Å². The minimum Gasteiger partial charge on any atom is -0.480 e. The highest BCUT2D eigenvalue weighted by molar-refractivity contribution is 5.80. The number of nitrogens with one attached hydrogen (secondary N) is 1. The number of hydrogen-bond donors (Lipinski definition) is 1.